The van der Waals surface area contributed by atoms with Crippen molar-refractivity contribution < 1.29 is 32.2 Å². The smallest absolute Gasteiger partial charge is 0.468 e. The van der Waals surface area contributed by atoms with Gasteiger partial charge in [0.25, 0.3) is 0 Å². The Labute approximate surface area is 113 Å². The number of hydrogen-bond acceptors (Lipinski definition) is 4. The van der Waals surface area contributed by atoms with Crippen LogP contribution in [-0.4, -0.2) is 25.2 Å². The number of esters is 1. The van der Waals surface area contributed by atoms with Gasteiger partial charge < -0.3 is 9.47 Å². The molecule has 0 aliphatic carbocycles. The molecule has 0 amide bonds. The van der Waals surface area contributed by atoms with Crippen LogP contribution < -0.4 is 4.74 Å². The quantitative estimate of drug-likeness (QED) is 0.486. The van der Waals surface area contributed by atoms with Crippen LogP contribution >= 0.6 is 0 Å². The molecule has 0 radical (unpaired) electrons. The number of rotatable bonds is 4. The van der Waals surface area contributed by atoms with Gasteiger partial charge in [0, 0.05) is 5.56 Å². The highest BCUT2D eigenvalue weighted by atomic mass is 19.4. The molecule has 1 aromatic carbocycles. The maximum Gasteiger partial charge on any atom is 0.573 e. The number of hydrogen-bond donors (Lipinski definition) is 0. The summed E-state index contributed by atoms with van der Waals surface area (Å²) in [4.78, 5) is 23.6. The maximum atomic E-state index is 12.1. The van der Waals surface area contributed by atoms with Crippen LogP contribution in [0.2, 0.25) is 0 Å². The lowest BCUT2D eigenvalue weighted by Gasteiger charge is -2.20. The summed E-state index contributed by atoms with van der Waals surface area (Å²) in [6.45, 7) is 2.75. The third kappa shape index (κ3) is 3.72. The van der Waals surface area contributed by atoms with E-state index in [2.05, 4.69) is 9.47 Å². The van der Waals surface area contributed by atoms with E-state index in [9.17, 15) is 22.8 Å². The van der Waals surface area contributed by atoms with Crippen LogP contribution in [-0.2, 0) is 9.53 Å². The second-order valence-corrected chi connectivity index (χ2v) is 4.52. The molecule has 0 saturated heterocycles. The molecule has 0 saturated carbocycles. The molecule has 110 valence electrons. The fraction of sp³-hybridized carbons (Fsp3) is 0.385. The van der Waals surface area contributed by atoms with E-state index in [-0.39, 0.29) is 5.56 Å². The molecule has 0 aliphatic rings. The van der Waals surface area contributed by atoms with E-state index in [1.807, 2.05) is 0 Å². The summed E-state index contributed by atoms with van der Waals surface area (Å²) in [5.74, 6) is -1.72. The first-order valence-electron chi connectivity index (χ1n) is 5.57. The SMILES string of the molecule is COC(=O)C(C)(C)C(=O)c1ccc(OC(F)(F)F)cc1. The Balaban J connectivity index is 2.94. The number of Topliss-reactive ketones (excluding diaryl/α,β-unsaturated/α-hetero) is 1. The van der Waals surface area contributed by atoms with Crippen molar-refractivity contribution >= 4 is 11.8 Å². The highest BCUT2D eigenvalue weighted by Crippen LogP contribution is 2.27. The van der Waals surface area contributed by atoms with Gasteiger partial charge in [-0.3, -0.25) is 9.59 Å². The summed E-state index contributed by atoms with van der Waals surface area (Å²) >= 11 is 0. The molecule has 0 N–H and O–H groups in total. The van der Waals surface area contributed by atoms with Gasteiger partial charge in [-0.2, -0.15) is 0 Å². The van der Waals surface area contributed by atoms with Crippen molar-refractivity contribution in [2.24, 2.45) is 5.41 Å². The normalized spacial score (nSPS) is 11.9. The van der Waals surface area contributed by atoms with Crippen molar-refractivity contribution in [3.05, 3.63) is 29.8 Å². The molecule has 0 bridgehead atoms. The van der Waals surface area contributed by atoms with E-state index < -0.39 is 29.3 Å². The van der Waals surface area contributed by atoms with E-state index in [1.165, 1.54) is 13.8 Å². The molecule has 0 aromatic heterocycles. The zero-order chi connectivity index (χ0) is 15.6. The van der Waals surface area contributed by atoms with Crippen molar-refractivity contribution in [1.82, 2.24) is 0 Å². The largest absolute Gasteiger partial charge is 0.573 e. The molecule has 4 nitrogen and oxygen atoms in total. The standard InChI is InChI=1S/C13H13F3O4/c1-12(2,11(18)19-3)10(17)8-4-6-9(7-5-8)20-13(14,15)16/h4-7H,1-3H3. The topological polar surface area (TPSA) is 52.6 Å². The molecule has 0 atom stereocenters. The summed E-state index contributed by atoms with van der Waals surface area (Å²) < 4.78 is 44.2. The Morgan fingerprint density at radius 1 is 1.05 bits per heavy atom. The van der Waals surface area contributed by atoms with E-state index in [0.717, 1.165) is 31.4 Å². The highest BCUT2D eigenvalue weighted by Gasteiger charge is 2.38. The van der Waals surface area contributed by atoms with Gasteiger partial charge >= 0.3 is 12.3 Å². The second kappa shape index (κ2) is 5.52. The Morgan fingerprint density at radius 2 is 1.55 bits per heavy atom. The predicted molar refractivity (Wildman–Crippen MR) is 63.3 cm³/mol. The number of carbonyl (C=O) groups excluding carboxylic acids is 2. The summed E-state index contributed by atoms with van der Waals surface area (Å²) in [5.41, 5.74) is -1.32. The molecule has 7 heteroatoms. The number of methoxy groups -OCH3 is 1. The van der Waals surface area contributed by atoms with Crippen molar-refractivity contribution in [1.29, 1.82) is 0 Å². The number of halogens is 3. The summed E-state index contributed by atoms with van der Waals surface area (Å²) in [5, 5.41) is 0. The maximum absolute atomic E-state index is 12.1. The average molecular weight is 290 g/mol. The van der Waals surface area contributed by atoms with Gasteiger partial charge in [-0.05, 0) is 38.1 Å². The second-order valence-electron chi connectivity index (χ2n) is 4.52. The molecular weight excluding hydrogens is 277 g/mol. The van der Waals surface area contributed by atoms with Crippen LogP contribution in [0.15, 0.2) is 24.3 Å². The van der Waals surface area contributed by atoms with E-state index in [0.29, 0.717) is 0 Å². The van der Waals surface area contributed by atoms with Crippen molar-refractivity contribution in [3.8, 4) is 5.75 Å². The lowest BCUT2D eigenvalue weighted by molar-refractivity contribution is -0.274. The Bertz CT molecular complexity index is 503. The number of alkyl halides is 3. The van der Waals surface area contributed by atoms with Gasteiger partial charge in [0.15, 0.2) is 5.78 Å². The Hall–Kier alpha value is -2.05. The average Bonchev–Trinajstić information content (AvgIpc) is 2.35. The molecule has 0 aliphatic heterocycles. The molecule has 0 heterocycles. The monoisotopic (exact) mass is 290 g/mol. The van der Waals surface area contributed by atoms with Crippen molar-refractivity contribution in [3.63, 3.8) is 0 Å². The lowest BCUT2D eigenvalue weighted by Crippen LogP contribution is -2.34. The van der Waals surface area contributed by atoms with Crippen LogP contribution in [0.3, 0.4) is 0 Å². The molecule has 0 spiro atoms. The van der Waals surface area contributed by atoms with Crippen LogP contribution in [0.25, 0.3) is 0 Å². The summed E-state index contributed by atoms with van der Waals surface area (Å²) in [6.07, 6.45) is -4.79. The third-order valence-electron chi connectivity index (χ3n) is 2.61. The van der Waals surface area contributed by atoms with Crippen molar-refractivity contribution in [2.75, 3.05) is 7.11 Å². The molecular formula is C13H13F3O4. The van der Waals surface area contributed by atoms with Gasteiger partial charge in [0.1, 0.15) is 11.2 Å². The number of carbonyl (C=O) groups is 2. The molecule has 0 unspecified atom stereocenters. The summed E-state index contributed by atoms with van der Waals surface area (Å²) in [7, 11) is 1.15. The first-order valence-corrected chi connectivity index (χ1v) is 5.57. The van der Waals surface area contributed by atoms with E-state index in [4.69, 9.17) is 0 Å². The summed E-state index contributed by atoms with van der Waals surface area (Å²) in [6, 6.07) is 4.34. The zero-order valence-electron chi connectivity index (χ0n) is 11.1. The van der Waals surface area contributed by atoms with E-state index >= 15 is 0 Å². The lowest BCUT2D eigenvalue weighted by atomic mass is 9.84. The van der Waals surface area contributed by atoms with Crippen molar-refractivity contribution in [2.45, 2.75) is 20.2 Å². The number of ketones is 1. The Morgan fingerprint density at radius 3 is 1.95 bits per heavy atom. The molecule has 0 fully saturated rings. The van der Waals surface area contributed by atoms with Gasteiger partial charge in [-0.15, -0.1) is 13.2 Å². The van der Waals surface area contributed by atoms with Crippen LogP contribution in [0, 0.1) is 5.41 Å². The minimum absolute atomic E-state index is 0.0925. The zero-order valence-corrected chi connectivity index (χ0v) is 11.1. The number of ether oxygens (including phenoxy) is 2. The van der Waals surface area contributed by atoms with E-state index in [1.54, 1.807) is 0 Å². The minimum atomic E-state index is -4.79. The third-order valence-corrected chi connectivity index (χ3v) is 2.61. The van der Waals surface area contributed by atoms with Gasteiger partial charge in [0.05, 0.1) is 7.11 Å². The van der Waals surface area contributed by atoms with Gasteiger partial charge in [-0.1, -0.05) is 0 Å². The van der Waals surface area contributed by atoms with Gasteiger partial charge in [-0.25, -0.2) is 0 Å². The van der Waals surface area contributed by atoms with Crippen LogP contribution in [0.4, 0.5) is 13.2 Å². The first kappa shape index (κ1) is 16.0. The fourth-order valence-corrected chi connectivity index (χ4v) is 1.52. The molecule has 20 heavy (non-hydrogen) atoms. The van der Waals surface area contributed by atoms with Crippen LogP contribution in [0.5, 0.6) is 5.75 Å². The molecule has 1 aromatic rings. The predicted octanol–water partition coefficient (Wildman–Crippen LogP) is 2.97. The Kier molecular flexibility index (Phi) is 4.42. The van der Waals surface area contributed by atoms with Crippen LogP contribution in [0.1, 0.15) is 24.2 Å². The first-order chi connectivity index (χ1) is 9.08. The molecule has 1 rings (SSSR count). The fourth-order valence-electron chi connectivity index (χ4n) is 1.52. The number of benzene rings is 1. The minimum Gasteiger partial charge on any atom is -0.468 e. The van der Waals surface area contributed by atoms with Gasteiger partial charge in [0.2, 0.25) is 0 Å². The highest BCUT2D eigenvalue weighted by molar-refractivity contribution is 6.11.